The van der Waals surface area contributed by atoms with Gasteiger partial charge in [-0.15, -0.1) is 0 Å². The molecule has 122 valence electrons. The average molecular weight is 311 g/mol. The quantitative estimate of drug-likeness (QED) is 0.605. The van der Waals surface area contributed by atoms with E-state index in [1.807, 2.05) is 30.4 Å². The van der Waals surface area contributed by atoms with Crippen LogP contribution in [0.2, 0.25) is 0 Å². The number of carbonyl (C=O) groups excluding carboxylic acids is 1. The molecule has 1 aliphatic carbocycles. The second-order valence-electron chi connectivity index (χ2n) is 5.98. The lowest BCUT2D eigenvalue weighted by molar-refractivity contribution is -0.146. The fourth-order valence-electron chi connectivity index (χ4n) is 2.96. The number of benzene rings is 1. The molecule has 0 aromatic heterocycles. The summed E-state index contributed by atoms with van der Waals surface area (Å²) in [5, 5.41) is 3.54. The highest BCUT2D eigenvalue weighted by molar-refractivity contribution is 5.87. The van der Waals surface area contributed by atoms with Gasteiger partial charge < -0.3 is 10.1 Å². The molecule has 0 bridgehead atoms. The Kier molecular flexibility index (Phi) is 5.80. The summed E-state index contributed by atoms with van der Waals surface area (Å²) in [6, 6.07) is 6.13. The molecule has 0 heterocycles. The number of anilines is 1. The monoisotopic (exact) mass is 311 g/mol. The first-order chi connectivity index (χ1) is 11.1. The number of hydrogen-bond acceptors (Lipinski definition) is 3. The first-order valence-electron chi connectivity index (χ1n) is 8.07. The van der Waals surface area contributed by atoms with E-state index in [0.717, 1.165) is 42.5 Å². The van der Waals surface area contributed by atoms with Gasteiger partial charge in [0.05, 0.1) is 6.04 Å². The van der Waals surface area contributed by atoms with Crippen molar-refractivity contribution in [1.82, 2.24) is 0 Å². The third-order valence-electron chi connectivity index (χ3n) is 4.21. The van der Waals surface area contributed by atoms with E-state index in [9.17, 15) is 4.79 Å². The Labute approximate surface area is 138 Å². The summed E-state index contributed by atoms with van der Waals surface area (Å²) in [6.07, 6.45) is 7.58. The van der Waals surface area contributed by atoms with E-state index in [2.05, 4.69) is 25.1 Å². The van der Waals surface area contributed by atoms with Crippen molar-refractivity contribution in [3.63, 3.8) is 0 Å². The maximum atomic E-state index is 11.9. The topological polar surface area (TPSA) is 38.3 Å². The normalized spacial score (nSPS) is 20.4. The van der Waals surface area contributed by atoms with Gasteiger partial charge in [0.25, 0.3) is 0 Å². The molecule has 1 aliphatic rings. The molecular formula is C20H25NO2. The fraction of sp³-hybridized carbons (Fsp3) is 0.350. The van der Waals surface area contributed by atoms with Gasteiger partial charge >= 0.3 is 5.97 Å². The van der Waals surface area contributed by atoms with Crippen molar-refractivity contribution in [1.29, 1.82) is 0 Å². The van der Waals surface area contributed by atoms with Gasteiger partial charge in [0, 0.05) is 16.8 Å². The van der Waals surface area contributed by atoms with E-state index < -0.39 is 0 Å². The lowest BCUT2D eigenvalue weighted by Crippen LogP contribution is -2.40. The number of carbonyl (C=O) groups is 1. The van der Waals surface area contributed by atoms with Crippen molar-refractivity contribution in [3.05, 3.63) is 54.6 Å². The molecular weight excluding hydrogens is 286 g/mol. The van der Waals surface area contributed by atoms with Crippen molar-refractivity contribution >= 4 is 23.8 Å². The van der Waals surface area contributed by atoms with Crippen LogP contribution in [0, 0.1) is 0 Å². The molecule has 23 heavy (non-hydrogen) atoms. The second-order valence-corrected chi connectivity index (χ2v) is 5.98. The molecule has 0 aliphatic heterocycles. The number of rotatable bonds is 6. The highest BCUT2D eigenvalue weighted by atomic mass is 16.5. The van der Waals surface area contributed by atoms with Crippen LogP contribution in [0.5, 0.6) is 0 Å². The van der Waals surface area contributed by atoms with E-state index in [1.165, 1.54) is 0 Å². The van der Waals surface area contributed by atoms with E-state index in [4.69, 9.17) is 4.74 Å². The van der Waals surface area contributed by atoms with Gasteiger partial charge in [0.1, 0.15) is 6.10 Å². The highest BCUT2D eigenvalue weighted by Crippen LogP contribution is 2.29. The summed E-state index contributed by atoms with van der Waals surface area (Å²) in [5.74, 6) is -0.313. The summed E-state index contributed by atoms with van der Waals surface area (Å²) in [4.78, 5) is 11.9. The van der Waals surface area contributed by atoms with Crippen LogP contribution >= 0.6 is 0 Å². The molecule has 1 saturated carbocycles. The van der Waals surface area contributed by atoms with E-state index in [-0.39, 0.29) is 18.1 Å². The maximum Gasteiger partial charge on any atom is 0.333 e. The minimum Gasteiger partial charge on any atom is -0.457 e. The van der Waals surface area contributed by atoms with Gasteiger partial charge in [0.2, 0.25) is 0 Å². The Morgan fingerprint density at radius 1 is 1.26 bits per heavy atom. The zero-order valence-corrected chi connectivity index (χ0v) is 13.8. The molecule has 1 aromatic rings. The Morgan fingerprint density at radius 2 is 2.00 bits per heavy atom. The van der Waals surface area contributed by atoms with Gasteiger partial charge in [-0.05, 0) is 37.8 Å². The zero-order chi connectivity index (χ0) is 16.8. The predicted molar refractivity (Wildman–Crippen MR) is 97.2 cm³/mol. The molecule has 0 radical (unpaired) electrons. The van der Waals surface area contributed by atoms with Crippen LogP contribution in [0.15, 0.2) is 43.5 Å². The molecule has 2 rings (SSSR count). The van der Waals surface area contributed by atoms with Crippen LogP contribution in [0.3, 0.4) is 0 Å². The smallest absolute Gasteiger partial charge is 0.333 e. The Bertz CT molecular complexity index is 618. The largest absolute Gasteiger partial charge is 0.457 e. The lowest BCUT2D eigenvalue weighted by atomic mass is 9.91. The molecule has 1 aromatic carbocycles. The van der Waals surface area contributed by atoms with E-state index in [1.54, 1.807) is 6.92 Å². The summed E-state index contributed by atoms with van der Waals surface area (Å²) in [7, 11) is 0. The van der Waals surface area contributed by atoms with Crippen molar-refractivity contribution in [3.8, 4) is 0 Å². The molecule has 3 heteroatoms. The zero-order valence-electron chi connectivity index (χ0n) is 13.8. The molecule has 1 N–H and O–H groups in total. The second kappa shape index (κ2) is 7.82. The van der Waals surface area contributed by atoms with Crippen molar-refractivity contribution in [2.24, 2.45) is 0 Å². The minimum absolute atomic E-state index is 0.103. The number of nitrogens with one attached hydrogen (secondary N) is 1. The van der Waals surface area contributed by atoms with Crippen molar-refractivity contribution in [2.75, 3.05) is 5.32 Å². The van der Waals surface area contributed by atoms with Crippen LogP contribution in [0.25, 0.3) is 12.2 Å². The van der Waals surface area contributed by atoms with Crippen LogP contribution in [0.1, 0.15) is 43.7 Å². The predicted octanol–water partition coefficient (Wildman–Crippen LogP) is 4.82. The standard InChI is InChI=1S/C20H25NO2/c1-5-15-10-9-12-17(16(15)6-2)21-18-11-7-8-13-19(18)23-20(22)14(3)4/h5-6,9-10,12,18-19,21H,1-3,7-8,11,13H2,4H3. The van der Waals surface area contributed by atoms with E-state index >= 15 is 0 Å². The summed E-state index contributed by atoms with van der Waals surface area (Å²) in [6.45, 7) is 13.1. The van der Waals surface area contributed by atoms with Crippen LogP contribution < -0.4 is 5.32 Å². The molecule has 0 amide bonds. The first kappa shape index (κ1) is 17.1. The highest BCUT2D eigenvalue weighted by Gasteiger charge is 2.28. The number of hydrogen-bond donors (Lipinski definition) is 1. The fourth-order valence-corrected chi connectivity index (χ4v) is 2.96. The van der Waals surface area contributed by atoms with Crippen LogP contribution in [-0.4, -0.2) is 18.1 Å². The molecule has 0 spiro atoms. The minimum atomic E-state index is -0.313. The molecule has 1 fully saturated rings. The first-order valence-corrected chi connectivity index (χ1v) is 8.07. The van der Waals surface area contributed by atoms with Gasteiger partial charge in [0.15, 0.2) is 0 Å². The van der Waals surface area contributed by atoms with Crippen molar-refractivity contribution in [2.45, 2.75) is 44.8 Å². The Hall–Kier alpha value is -2.29. The molecule has 0 saturated heterocycles. The van der Waals surface area contributed by atoms with E-state index in [0.29, 0.717) is 5.57 Å². The van der Waals surface area contributed by atoms with Crippen LogP contribution in [0.4, 0.5) is 5.69 Å². The summed E-state index contributed by atoms with van der Waals surface area (Å²) < 4.78 is 5.62. The Balaban J connectivity index is 2.19. The van der Waals surface area contributed by atoms with Gasteiger partial charge in [-0.2, -0.15) is 0 Å². The molecule has 2 unspecified atom stereocenters. The average Bonchev–Trinajstić information content (AvgIpc) is 2.56. The lowest BCUT2D eigenvalue weighted by Gasteiger charge is -2.33. The van der Waals surface area contributed by atoms with Crippen LogP contribution in [-0.2, 0) is 9.53 Å². The summed E-state index contributed by atoms with van der Waals surface area (Å²) in [5.41, 5.74) is 3.50. The third-order valence-corrected chi connectivity index (χ3v) is 4.21. The molecule has 3 nitrogen and oxygen atoms in total. The SMILES string of the molecule is C=Cc1cccc(NC2CCCCC2OC(=O)C(=C)C)c1C=C. The van der Waals surface area contributed by atoms with Gasteiger partial charge in [-0.3, -0.25) is 0 Å². The van der Waals surface area contributed by atoms with Gasteiger partial charge in [-0.25, -0.2) is 4.79 Å². The molecule has 2 atom stereocenters. The third kappa shape index (κ3) is 4.13. The van der Waals surface area contributed by atoms with Gasteiger partial charge in [-0.1, -0.05) is 50.4 Å². The summed E-state index contributed by atoms with van der Waals surface area (Å²) >= 11 is 0. The number of ether oxygens (including phenoxy) is 1. The maximum absolute atomic E-state index is 11.9. The van der Waals surface area contributed by atoms with Crippen molar-refractivity contribution < 1.29 is 9.53 Å². The Morgan fingerprint density at radius 3 is 2.65 bits per heavy atom. The number of esters is 1.